The molecule has 0 amide bonds. The van der Waals surface area contributed by atoms with Crippen LogP contribution in [0.25, 0.3) is 4.98 Å². The monoisotopic (exact) mass is 507 g/mol. The van der Waals surface area contributed by atoms with Gasteiger partial charge in [0.1, 0.15) is 0 Å². The number of rotatable bonds is 2. The molecule has 2 aliphatic carbocycles. The van der Waals surface area contributed by atoms with Crippen molar-refractivity contribution in [2.75, 3.05) is 0 Å². The van der Waals surface area contributed by atoms with Crippen LogP contribution in [0.1, 0.15) is 62.3 Å². The van der Waals surface area contributed by atoms with E-state index in [9.17, 15) is 0 Å². The molecule has 27 heavy (non-hydrogen) atoms. The Kier molecular flexibility index (Phi) is 10.9. The second-order valence-corrected chi connectivity index (χ2v) is 17.8. The average molecular weight is 510 g/mol. The Morgan fingerprint density at radius 1 is 0.852 bits per heavy atom. The summed E-state index contributed by atoms with van der Waals surface area (Å²) in [7, 11) is 8.19. The van der Waals surface area contributed by atoms with Crippen LogP contribution in [-0.2, 0) is 20.8 Å². The number of hydrogen-bond donors (Lipinski definition) is 0. The first-order chi connectivity index (χ1) is 11.7. The molecule has 2 rings (SSSR count). The quantitative estimate of drug-likeness (QED) is 0.261. The van der Waals surface area contributed by atoms with Crippen LogP contribution in [0.4, 0.5) is 0 Å². The molecular formula is C22H41Cl2NSiZr. The molecule has 5 atom stereocenters. The average Bonchev–Trinajstić information content (AvgIpc) is 2.74. The Morgan fingerprint density at radius 3 is 1.59 bits per heavy atom. The van der Waals surface area contributed by atoms with Gasteiger partial charge >= 0.3 is 37.9 Å². The Labute approximate surface area is 189 Å². The summed E-state index contributed by atoms with van der Waals surface area (Å²) in [5.41, 5.74) is 7.26. The summed E-state index contributed by atoms with van der Waals surface area (Å²) in [5, 5.41) is 0. The molecule has 0 radical (unpaired) electrons. The molecule has 5 heteroatoms. The van der Waals surface area contributed by atoms with E-state index in [1.807, 2.05) is 0 Å². The summed E-state index contributed by atoms with van der Waals surface area (Å²) in [5.74, 6) is 2.99. The van der Waals surface area contributed by atoms with Gasteiger partial charge in [0.05, 0.1) is 0 Å². The van der Waals surface area contributed by atoms with E-state index in [0.29, 0.717) is 0 Å². The van der Waals surface area contributed by atoms with E-state index in [-0.39, 0.29) is 13.0 Å². The van der Waals surface area contributed by atoms with Gasteiger partial charge in [-0.3, -0.25) is 0 Å². The molecule has 156 valence electrons. The topological polar surface area (TPSA) is 14.1 Å². The molecule has 1 saturated carbocycles. The van der Waals surface area contributed by atoms with E-state index < -0.39 is 29.1 Å². The molecule has 0 bridgehead atoms. The van der Waals surface area contributed by atoms with Crippen molar-refractivity contribution < 1.29 is 20.8 Å². The third kappa shape index (κ3) is 6.06. The van der Waals surface area contributed by atoms with E-state index in [4.69, 9.17) is 22.0 Å². The van der Waals surface area contributed by atoms with Crippen molar-refractivity contribution in [1.82, 2.24) is 0 Å². The predicted molar refractivity (Wildman–Crippen MR) is 125 cm³/mol. The first kappa shape index (κ1) is 28.1. The van der Waals surface area contributed by atoms with E-state index >= 15 is 0 Å². The minimum atomic E-state index is -1.67. The van der Waals surface area contributed by atoms with Gasteiger partial charge in [-0.25, -0.2) is 0 Å². The van der Waals surface area contributed by atoms with Crippen LogP contribution in [0.5, 0.6) is 0 Å². The van der Waals surface area contributed by atoms with E-state index in [1.54, 1.807) is 22.3 Å². The van der Waals surface area contributed by atoms with Gasteiger partial charge in [0.25, 0.3) is 0 Å². The first-order valence-corrected chi connectivity index (χ1v) is 19.1. The molecule has 0 aromatic carbocycles. The maximum atomic E-state index is 5.40. The molecule has 0 spiro atoms. The summed E-state index contributed by atoms with van der Waals surface area (Å²) in [6.45, 7) is 26.3. The van der Waals surface area contributed by atoms with Crippen LogP contribution < -0.4 is 0 Å². The normalized spacial score (nSPS) is 30.9. The Balaban J connectivity index is 0.00000158. The third-order valence-corrected chi connectivity index (χ3v) is 10.7. The van der Waals surface area contributed by atoms with Crippen molar-refractivity contribution >= 4 is 25.3 Å². The Morgan fingerprint density at radius 2 is 1.22 bits per heavy atom. The number of nitrogens with zero attached hydrogens (tertiary/aromatic N) is 1. The van der Waals surface area contributed by atoms with Gasteiger partial charge in [-0.05, 0) is 62.5 Å². The zero-order valence-electron chi connectivity index (χ0n) is 19.6. The van der Waals surface area contributed by atoms with Gasteiger partial charge in [0.2, 0.25) is 0 Å². The van der Waals surface area contributed by atoms with Crippen LogP contribution in [0, 0.1) is 31.1 Å². The van der Waals surface area contributed by atoms with Crippen molar-refractivity contribution in [3.05, 3.63) is 34.7 Å². The van der Waals surface area contributed by atoms with Gasteiger partial charge in [-0.2, -0.15) is 0 Å². The summed E-state index contributed by atoms with van der Waals surface area (Å²) in [6.07, 6.45) is 0. The summed E-state index contributed by atoms with van der Waals surface area (Å²) < 4.78 is 0. The van der Waals surface area contributed by atoms with Gasteiger partial charge in [-0.15, -0.1) is 5.54 Å². The molecule has 0 aromatic heterocycles. The molecule has 5 unspecified atom stereocenters. The molecule has 0 aliphatic heterocycles. The van der Waals surface area contributed by atoms with Crippen molar-refractivity contribution in [2.45, 2.75) is 86.5 Å². The van der Waals surface area contributed by atoms with E-state index in [2.05, 4.69) is 75.4 Å². The van der Waals surface area contributed by atoms with Gasteiger partial charge < -0.3 is 12.4 Å². The zero-order chi connectivity index (χ0) is 20.6. The number of fused-ring (bicyclic) bond motifs is 1. The van der Waals surface area contributed by atoms with Crippen molar-refractivity contribution in [3.8, 4) is 0 Å². The summed E-state index contributed by atoms with van der Waals surface area (Å²) in [4.78, 5) is 5.40. The van der Waals surface area contributed by atoms with E-state index in [1.165, 1.54) is 0 Å². The number of halogens is 2. The summed E-state index contributed by atoms with van der Waals surface area (Å²) >= 11 is -0.826. The molecule has 1 fully saturated rings. The standard InChI is InChI=1S/C21H38NSi.CH3.2ClH.Zr/c1-12-13(2)15(4)19-18(14(12)3)16(5)17(6)20(19)23(10,11)22-21(7,8)9;;;;/h16-20H,1-11H3;1H3;2*1H;/q2*-1;;;+4/p-2. The zero-order valence-corrected chi connectivity index (χ0v) is 24.6. The Bertz CT molecular complexity index is 577. The molecule has 1 nitrogen and oxygen atoms in total. The Hall–Kier alpha value is 1.12. The third-order valence-electron chi connectivity index (χ3n) is 6.92. The van der Waals surface area contributed by atoms with Crippen LogP contribution in [0.3, 0.4) is 0 Å². The second kappa shape index (κ2) is 10.4. The summed E-state index contributed by atoms with van der Waals surface area (Å²) in [6, 6.07) is 0. The SMILES string of the molecule is CC1=C(C)C2C(C)C(C)C([Si](C)(C)[N-]C(C)(C)C)C2C(C)=C1C.[CH3-].[Cl][Zr+2][Cl]. The van der Waals surface area contributed by atoms with E-state index in [0.717, 1.165) is 29.2 Å². The fraction of sp³-hybridized carbons (Fsp3) is 0.773. The second-order valence-electron chi connectivity index (χ2n) is 9.92. The maximum absolute atomic E-state index is 5.40. The van der Waals surface area contributed by atoms with Gasteiger partial charge in [0, 0.05) is 0 Å². The molecule has 0 heterocycles. The van der Waals surface area contributed by atoms with Gasteiger partial charge in [0.15, 0.2) is 0 Å². The van der Waals surface area contributed by atoms with Crippen molar-refractivity contribution in [2.24, 2.45) is 23.7 Å². The van der Waals surface area contributed by atoms with Crippen molar-refractivity contribution in [3.63, 3.8) is 0 Å². The minimum absolute atomic E-state index is 0. The first-order valence-electron chi connectivity index (χ1n) is 9.76. The molecule has 2 aliphatic rings. The predicted octanol–water partition coefficient (Wildman–Crippen LogP) is 8.77. The van der Waals surface area contributed by atoms with Gasteiger partial charge in [-0.1, -0.05) is 72.6 Å². The van der Waals surface area contributed by atoms with Crippen LogP contribution in [0.2, 0.25) is 18.6 Å². The molecule has 0 N–H and O–H groups in total. The number of allylic oxidation sites excluding steroid dienone is 4. The number of hydrogen-bond acceptors (Lipinski definition) is 0. The molecule has 0 aromatic rings. The van der Waals surface area contributed by atoms with Crippen LogP contribution in [-0.4, -0.2) is 13.8 Å². The molecular weight excluding hydrogens is 468 g/mol. The van der Waals surface area contributed by atoms with Crippen molar-refractivity contribution in [1.29, 1.82) is 0 Å². The molecule has 0 saturated heterocycles. The van der Waals surface area contributed by atoms with Crippen LogP contribution in [0.15, 0.2) is 22.3 Å². The van der Waals surface area contributed by atoms with Crippen LogP contribution >= 0.6 is 17.0 Å². The fourth-order valence-corrected chi connectivity index (χ4v) is 10.7. The fourth-order valence-electron chi connectivity index (χ4n) is 5.85.